The first-order valence-corrected chi connectivity index (χ1v) is 14.5. The van der Waals surface area contributed by atoms with Crippen LogP contribution in [0, 0.1) is 10.8 Å². The molecule has 0 aliphatic carbocycles. The van der Waals surface area contributed by atoms with Crippen molar-refractivity contribution in [2.45, 2.75) is 66.7 Å². The lowest BCUT2D eigenvalue weighted by atomic mass is 9.91. The summed E-state index contributed by atoms with van der Waals surface area (Å²) in [7, 11) is 0. The molecule has 0 fully saturated rings. The van der Waals surface area contributed by atoms with Crippen molar-refractivity contribution < 1.29 is 109 Å². The van der Waals surface area contributed by atoms with Crippen LogP contribution in [0.1, 0.15) is 66.7 Å². The molecule has 0 aliphatic heterocycles. The predicted octanol–water partition coefficient (Wildman–Crippen LogP) is -2.82. The number of hydrogen-bond acceptors (Lipinski definition) is 17. The fourth-order valence-corrected chi connectivity index (χ4v) is 2.12. The van der Waals surface area contributed by atoms with Gasteiger partial charge in [-0.25, -0.2) is 0 Å². The summed E-state index contributed by atoms with van der Waals surface area (Å²) in [5, 5.41) is 93.5. The lowest BCUT2D eigenvalue weighted by Crippen LogP contribution is -2.43. The van der Waals surface area contributed by atoms with Gasteiger partial charge in [0.2, 0.25) is 0 Å². The number of ether oxygens (including phenoxy) is 1. The van der Waals surface area contributed by atoms with Gasteiger partial charge in [-0.2, -0.15) is 0 Å². The molecule has 0 aromatic carbocycles. The summed E-state index contributed by atoms with van der Waals surface area (Å²) in [6, 6.07) is 0. The number of rotatable bonds is 20. The van der Waals surface area contributed by atoms with E-state index in [0.717, 1.165) is 0 Å². The Hall–Kier alpha value is -4.58. The lowest BCUT2D eigenvalue weighted by Gasteiger charge is -2.31. The fourth-order valence-electron chi connectivity index (χ4n) is 2.12. The van der Waals surface area contributed by atoms with Crippen molar-refractivity contribution in [2.75, 3.05) is 52.9 Å². The topological polar surface area (TPSA) is 402 Å². The zero-order valence-corrected chi connectivity index (χ0v) is 29.6. The summed E-state index contributed by atoms with van der Waals surface area (Å²) in [4.78, 5) is 97.3. The van der Waals surface area contributed by atoms with Crippen LogP contribution >= 0.6 is 0 Å². The maximum Gasteiger partial charge on any atom is 0.310 e. The molecule has 0 spiro atoms. The first-order chi connectivity index (χ1) is 23.7. The highest BCUT2D eigenvalue weighted by atomic mass is 16.5. The molecule has 0 rings (SSSR count). The van der Waals surface area contributed by atoms with E-state index in [4.69, 9.17) is 60.9 Å². The number of aliphatic hydroxyl groups is 6. The van der Waals surface area contributed by atoms with Gasteiger partial charge in [0, 0.05) is 0 Å². The minimum Gasteiger partial charge on any atom is -0.481 e. The van der Waals surface area contributed by atoms with Gasteiger partial charge in [0.25, 0.3) is 0 Å². The smallest absolute Gasteiger partial charge is 0.310 e. The highest BCUT2D eigenvalue weighted by molar-refractivity contribution is 5.94. The van der Waals surface area contributed by atoms with E-state index in [2.05, 4.69) is 0 Å². The third-order valence-electron chi connectivity index (χ3n) is 4.83. The van der Waals surface area contributed by atoms with Crippen LogP contribution in [0.2, 0.25) is 0 Å². The van der Waals surface area contributed by atoms with Crippen molar-refractivity contribution in [2.24, 2.45) is 10.8 Å². The fraction of sp³-hybridized carbons (Fsp3) is 0.667. The van der Waals surface area contributed by atoms with Crippen LogP contribution in [0.4, 0.5) is 0 Å². The Kier molecular flexibility index (Phi) is 41.5. The first kappa shape index (κ1) is 59.6. The molecular weight excluding hydrogens is 712 g/mol. The van der Waals surface area contributed by atoms with Crippen molar-refractivity contribution in [3.8, 4) is 0 Å². The van der Waals surface area contributed by atoms with E-state index in [1.807, 2.05) is 0 Å². The quantitative estimate of drug-likeness (QED) is 0.0557. The van der Waals surface area contributed by atoms with E-state index in [-0.39, 0.29) is 74.2 Å². The normalized spacial score (nSPS) is 9.75. The summed E-state index contributed by atoms with van der Waals surface area (Å²) in [5.41, 5.74) is -2.32. The first-order valence-electron chi connectivity index (χ1n) is 14.5. The van der Waals surface area contributed by atoms with E-state index in [1.165, 1.54) is 34.6 Å². The van der Waals surface area contributed by atoms with Crippen molar-refractivity contribution in [1.29, 1.82) is 0 Å². The lowest BCUT2D eigenvalue weighted by molar-refractivity contribution is -0.141. The zero-order chi connectivity index (χ0) is 42.7. The van der Waals surface area contributed by atoms with Crippen molar-refractivity contribution >= 4 is 58.8 Å². The van der Waals surface area contributed by atoms with Crippen molar-refractivity contribution in [1.82, 2.24) is 0 Å². The second kappa shape index (κ2) is 36.2. The van der Waals surface area contributed by atoms with Gasteiger partial charge >= 0.3 is 29.8 Å². The molecule has 304 valence electrons. The maximum atomic E-state index is 9.87. The van der Waals surface area contributed by atoms with Crippen LogP contribution in [0.15, 0.2) is 0 Å². The molecule has 0 aromatic rings. The molecule has 0 bridgehead atoms. The van der Waals surface area contributed by atoms with Crippen molar-refractivity contribution in [3.63, 3.8) is 0 Å². The molecule has 22 heteroatoms. The summed E-state index contributed by atoms with van der Waals surface area (Å²) < 4.78 is 5.15. The van der Waals surface area contributed by atoms with Gasteiger partial charge in [0.15, 0.2) is 0 Å². The Balaban J connectivity index is -0.000000129. The monoisotopic (exact) mass is 764 g/mol. The van der Waals surface area contributed by atoms with Gasteiger partial charge in [-0.3, -0.25) is 47.9 Å². The van der Waals surface area contributed by atoms with Crippen molar-refractivity contribution in [3.05, 3.63) is 0 Å². The second-order valence-electron chi connectivity index (χ2n) is 10.8. The molecule has 22 nitrogen and oxygen atoms in total. The molecule has 0 aliphatic rings. The number of carbonyl (C=O) groups excluding carboxylic acids is 5. The maximum absolute atomic E-state index is 9.87. The Bertz CT molecular complexity index is 857. The average molecular weight is 765 g/mol. The van der Waals surface area contributed by atoms with Crippen LogP contribution in [-0.4, -0.2) is 168 Å². The molecule has 0 heterocycles. The number of aliphatic hydroxyl groups excluding tert-OH is 6. The third kappa shape index (κ3) is 52.2. The minimum absolute atomic E-state index is 0.141. The standard InChI is InChI=1S/C10H22O7.5C4H6O3/c11-1-9(2-12,3-13)7-17-8-10(4-14,5-15)6-16;5*1-3(5)2-4(6)7/h11-16H,1-8H2;5*2H2,1H3,(H,6,7). The number of Topliss-reactive ketones (excluding diaryl/α,β-unsaturated/α-hetero) is 5. The van der Waals surface area contributed by atoms with E-state index in [0.29, 0.717) is 0 Å². The predicted molar refractivity (Wildman–Crippen MR) is 173 cm³/mol. The summed E-state index contributed by atoms with van der Waals surface area (Å²) in [6.45, 7) is 3.22. The molecule has 11 N–H and O–H groups in total. The number of carboxylic acid groups (broad SMARTS) is 5. The van der Waals surface area contributed by atoms with Crippen LogP contribution < -0.4 is 0 Å². The van der Waals surface area contributed by atoms with Gasteiger partial charge in [0.05, 0.1) is 63.7 Å². The molecule has 0 atom stereocenters. The molecule has 52 heavy (non-hydrogen) atoms. The number of ketones is 5. The van der Waals surface area contributed by atoms with E-state index >= 15 is 0 Å². The molecular formula is C30H52O22. The molecule has 0 unspecified atom stereocenters. The van der Waals surface area contributed by atoms with Gasteiger partial charge < -0.3 is 60.9 Å². The van der Waals surface area contributed by atoms with E-state index < -0.39 is 80.3 Å². The second-order valence-corrected chi connectivity index (χ2v) is 10.8. The molecule has 0 saturated heterocycles. The highest BCUT2D eigenvalue weighted by Gasteiger charge is 2.32. The molecule has 0 saturated carbocycles. The SMILES string of the molecule is CC(=O)CC(=O)O.CC(=O)CC(=O)O.CC(=O)CC(=O)O.CC(=O)CC(=O)O.CC(=O)CC(=O)O.OCC(CO)(CO)COCC(CO)(CO)CO. The Morgan fingerprint density at radius 1 is 0.346 bits per heavy atom. The largest absolute Gasteiger partial charge is 0.481 e. The Morgan fingerprint density at radius 2 is 0.481 bits per heavy atom. The molecule has 0 aromatic heterocycles. The van der Waals surface area contributed by atoms with E-state index in [9.17, 15) is 47.9 Å². The molecule has 0 amide bonds. The number of carboxylic acids is 5. The Morgan fingerprint density at radius 3 is 0.538 bits per heavy atom. The highest BCUT2D eigenvalue weighted by Crippen LogP contribution is 2.19. The number of carbonyl (C=O) groups is 10. The van der Waals surface area contributed by atoms with Gasteiger partial charge in [-0.05, 0) is 34.6 Å². The van der Waals surface area contributed by atoms with Crippen LogP contribution in [0.3, 0.4) is 0 Å². The number of hydrogen-bond donors (Lipinski definition) is 11. The van der Waals surface area contributed by atoms with Crippen LogP contribution in [0.25, 0.3) is 0 Å². The average Bonchev–Trinajstić information content (AvgIpc) is 2.96. The third-order valence-corrected chi connectivity index (χ3v) is 4.83. The molecule has 0 radical (unpaired) electrons. The summed E-state index contributed by atoms with van der Waals surface area (Å²) in [6.07, 6.45) is -1.81. The van der Waals surface area contributed by atoms with Gasteiger partial charge in [-0.1, -0.05) is 0 Å². The van der Waals surface area contributed by atoms with Crippen LogP contribution in [-0.2, 0) is 52.7 Å². The zero-order valence-electron chi connectivity index (χ0n) is 29.6. The minimum atomic E-state index is -1.16. The van der Waals surface area contributed by atoms with E-state index in [1.54, 1.807) is 0 Å². The van der Waals surface area contributed by atoms with Crippen LogP contribution in [0.5, 0.6) is 0 Å². The Labute approximate surface area is 298 Å². The van der Waals surface area contributed by atoms with Gasteiger partial charge in [0.1, 0.15) is 61.0 Å². The van der Waals surface area contributed by atoms with Gasteiger partial charge in [-0.15, -0.1) is 0 Å². The summed E-state index contributed by atoms with van der Waals surface area (Å²) in [5.74, 6) is -6.87. The number of aliphatic carboxylic acids is 5. The summed E-state index contributed by atoms with van der Waals surface area (Å²) >= 11 is 0.